The number of imidazole rings is 6. The average molecular weight is 1930 g/mol. The number of nitrogens with zero attached hydrogens (tertiary/aromatic N) is 20. The number of nitrogens with one attached hydrogen (secondary N) is 4. The van der Waals surface area contributed by atoms with E-state index >= 15 is 0 Å². The van der Waals surface area contributed by atoms with Crippen LogP contribution in [0.1, 0.15) is 102 Å². The molecule has 54 heteroatoms. The first-order valence-corrected chi connectivity index (χ1v) is 39.5. The van der Waals surface area contributed by atoms with Crippen molar-refractivity contribution in [2.45, 2.75) is 247 Å². The molecule has 0 aliphatic carbocycles. The summed E-state index contributed by atoms with van der Waals surface area (Å²) in [6, 6.07) is 0. The van der Waals surface area contributed by atoms with Crippen LogP contribution in [0.25, 0.3) is 67.0 Å². The fourth-order valence-electron chi connectivity index (χ4n) is 17.4. The molecular formula is C73H86N24O28Y2-2. The molecule has 0 saturated carbocycles. The van der Waals surface area contributed by atoms with E-state index < -0.39 is 164 Å². The molecule has 4 bridgehead atoms. The van der Waals surface area contributed by atoms with E-state index in [0.717, 1.165) is 5.65 Å². The summed E-state index contributed by atoms with van der Waals surface area (Å²) >= 11 is 0. The van der Waals surface area contributed by atoms with E-state index in [4.69, 9.17) is 67.1 Å². The number of aliphatic hydroxyl groups is 10. The van der Waals surface area contributed by atoms with Gasteiger partial charge in [0.25, 0.3) is 11.1 Å². The van der Waals surface area contributed by atoms with Crippen molar-refractivity contribution in [3.8, 4) is 0 Å². The maximum Gasteiger partial charge on any atom is 0.301 e. The van der Waals surface area contributed by atoms with Gasteiger partial charge in [-0.3, -0.25) is 47.4 Å². The predicted molar refractivity (Wildman–Crippen MR) is 412 cm³/mol. The summed E-state index contributed by atoms with van der Waals surface area (Å²) in [5, 5.41) is 96.4. The molecule has 674 valence electrons. The molecule has 11 aliphatic rings. The zero-order chi connectivity index (χ0) is 88.4. The van der Waals surface area contributed by atoms with E-state index in [1.54, 1.807) is 45.4 Å². The molecule has 23 heterocycles. The minimum absolute atomic E-state index is 0. The summed E-state index contributed by atoms with van der Waals surface area (Å²) in [7, 11) is 0. The second-order valence-corrected chi connectivity index (χ2v) is 32.5. The summed E-state index contributed by atoms with van der Waals surface area (Å²) in [6.45, 7) is 17.6. The third kappa shape index (κ3) is 16.3. The largest absolute Gasteiger partial charge is 0.397 e. The van der Waals surface area contributed by atoms with Gasteiger partial charge in [-0.05, 0) is 81.6 Å². The Bertz CT molecular complexity index is 6520. The maximum atomic E-state index is 12.1. The Hall–Kier alpha value is -8.57. The van der Waals surface area contributed by atoms with Crippen molar-refractivity contribution in [1.29, 1.82) is 0 Å². The van der Waals surface area contributed by atoms with Gasteiger partial charge in [0.1, 0.15) is 144 Å². The standard InChI is InChI=1S/C14H18N4O5.C14H16N4O4.C13H15N4O5.C11H14N4O5.C11H12N4O4.C10H11N4O5.2Y/c1-6-16-11-8(12(20)17-6)15-5-18(11)13-10-9(7(4-19)21-13)22-14(2,3)23-10;1-6-16-11(19)8-12-17(6)4-7-9-10(22-14(2,3)21-9)13(20-7)18(12)5-15-8;1-13(2)21-8-7(4-18)20-11(9(8)22-13)17-5-15-6-3-14-12(19)16-10(6)17;1-4-13-9-6(10(19)14-4)12-3-15(9)11-8(18)7(17)5(2-16)20-11;1-4-13-9(18)6-10-14(4)2-5-7(16)8(17)11(19-5)15(10)3-12-6;15-2-5-6(16)7(17)9(19-5)14-3-12-4-1-11-10(18)13-8(4)14;;/h5,7,9-10,13,19H,4H2,1-3H3,(H,16,17,20);5,7,9-10,13H,4H2,1-3H3;5,7-9,11,18H,4H2,1-2H3,(H,14,16,19);3,5,7-8,11,16-18H,2H2,1H3,(H,13,14,19);3,5,7-8,11,16-17H,2H2,1H3;3,5-7,9,15-17H,2H2,(H,11,13,18);;/q;;-1;;;-1;;/t2*7-,9+,10?,13-;7-,8+,9?,11-;2*5-,7+,8?,11-;5-,6+,7?,9-;;/m111111../s1. The van der Waals surface area contributed by atoms with Crippen molar-refractivity contribution in [1.82, 2.24) is 116 Å². The Morgan fingerprint density at radius 1 is 0.378 bits per heavy atom. The number of aromatic amines is 4. The first-order chi connectivity index (χ1) is 59.5. The van der Waals surface area contributed by atoms with E-state index in [2.05, 4.69) is 92.1 Å². The van der Waals surface area contributed by atoms with Gasteiger partial charge in [-0.2, -0.15) is 9.97 Å². The van der Waals surface area contributed by atoms with Crippen LogP contribution in [0.5, 0.6) is 0 Å². The van der Waals surface area contributed by atoms with E-state index in [0.29, 0.717) is 69.9 Å². The molecule has 9 saturated heterocycles. The molecule has 0 amide bonds. The van der Waals surface area contributed by atoms with Gasteiger partial charge in [-0.1, -0.05) is 0 Å². The Labute approximate surface area is 760 Å². The SMILES string of the molecule is CC1(C)OC2[C@@H](O1)[C@@H](CO)O[C@H]2n1cnc2[c-]nc(=O)[nH]c21.Cc1nc(=O)c2ncn3c2n1C[C@H]1O[C@@H]3C(O)[C@H]1O.Cc1nc(=O)c2ncn3c2n1C[C@H]1O[C@@H]3C2OC(C)(C)O[C@H]21.Cc1nc2c(ncn2[C@@H]2O[C@H](CO)[C@@H]3OC(C)(C)OC32)c(=O)[nH]1.Cc1nc2c(ncn2[C@@H]2O[C@H](CO)[C@H](O)C2O)c(=O)[nH]1.O=c1n[c-]c2ncn([C@@H]3O[C@H](CO)[C@H](O)C3O)c2[nH]1.[Y].[Y]. The third-order valence-corrected chi connectivity index (χ3v) is 22.9. The molecule has 6 unspecified atom stereocenters. The molecule has 11 aliphatic heterocycles. The van der Waals surface area contributed by atoms with Crippen molar-refractivity contribution in [2.75, 3.05) is 26.4 Å². The monoisotopic (exact) mass is 1920 g/mol. The number of aryl methyl sites for hydroxylation is 4. The predicted octanol–water partition coefficient (Wildman–Crippen LogP) is -6.40. The number of ether oxygens (including phenoxy) is 12. The number of rotatable bonds is 8. The van der Waals surface area contributed by atoms with Gasteiger partial charge in [-0.15, -0.1) is 0 Å². The van der Waals surface area contributed by atoms with E-state index in [-0.39, 0.29) is 154 Å². The van der Waals surface area contributed by atoms with Crippen LogP contribution in [-0.2, 0) is 135 Å². The van der Waals surface area contributed by atoms with Gasteiger partial charge in [0.05, 0.1) is 77.5 Å². The first kappa shape index (κ1) is 91.7. The number of hydrogen-bond acceptors (Lipinski definition) is 40. The number of H-pyrrole nitrogens is 4. The van der Waals surface area contributed by atoms with Gasteiger partial charge in [-0.25, -0.2) is 29.9 Å². The quantitative estimate of drug-likeness (QED) is 0.0629. The van der Waals surface area contributed by atoms with Crippen LogP contribution in [0.4, 0.5) is 0 Å². The van der Waals surface area contributed by atoms with Crippen molar-refractivity contribution in [3.63, 3.8) is 0 Å². The van der Waals surface area contributed by atoms with Crippen LogP contribution in [0, 0.1) is 40.1 Å². The third-order valence-electron chi connectivity index (χ3n) is 22.9. The molecule has 127 heavy (non-hydrogen) atoms. The molecule has 0 aromatic carbocycles. The van der Waals surface area contributed by atoms with Crippen molar-refractivity contribution >= 4 is 67.0 Å². The Morgan fingerprint density at radius 2 is 0.709 bits per heavy atom. The normalized spacial score (nSPS) is 32.0. The van der Waals surface area contributed by atoms with E-state index in [1.165, 1.54) is 40.8 Å². The van der Waals surface area contributed by atoms with Crippen molar-refractivity contribution < 1.29 is 173 Å². The molecular weight excluding hydrogens is 1840 g/mol. The maximum absolute atomic E-state index is 12.1. The number of aromatic nitrogens is 24. The summed E-state index contributed by atoms with van der Waals surface area (Å²) < 4.78 is 83.0. The van der Waals surface area contributed by atoms with Crippen molar-refractivity contribution in [3.05, 3.63) is 136 Å². The summed E-state index contributed by atoms with van der Waals surface area (Å²) in [4.78, 5) is 128. The van der Waals surface area contributed by atoms with Gasteiger partial charge >= 0.3 is 11.1 Å². The summed E-state index contributed by atoms with van der Waals surface area (Å²) in [5.41, 5.74) is 1.89. The van der Waals surface area contributed by atoms with E-state index in [9.17, 15) is 69.6 Å². The number of hydrogen-bond donors (Lipinski definition) is 14. The van der Waals surface area contributed by atoms with Crippen LogP contribution in [0.15, 0.2) is 66.7 Å². The van der Waals surface area contributed by atoms with Crippen molar-refractivity contribution in [2.24, 2.45) is 0 Å². The number of aliphatic hydroxyl groups excluding tert-OH is 10. The second kappa shape index (κ2) is 34.9. The summed E-state index contributed by atoms with van der Waals surface area (Å²) in [6.07, 6.45) is -2.68. The fraction of sp³-hybridized carbons (Fsp3) is 0.589. The fourth-order valence-corrected chi connectivity index (χ4v) is 17.4. The minimum atomic E-state index is -1.24. The molecule has 9 fully saturated rings. The molecule has 12 aromatic heterocycles. The van der Waals surface area contributed by atoms with Gasteiger partial charge in [0.15, 0.2) is 88.1 Å². The smallest absolute Gasteiger partial charge is 0.301 e. The van der Waals surface area contributed by atoms with Crippen LogP contribution >= 0.6 is 0 Å². The molecule has 52 nitrogen and oxygen atoms in total. The summed E-state index contributed by atoms with van der Waals surface area (Å²) in [5.74, 6) is -0.0720. The zero-order valence-corrected chi connectivity index (χ0v) is 74.7. The van der Waals surface area contributed by atoms with Crippen LogP contribution in [0.2, 0.25) is 0 Å². The van der Waals surface area contributed by atoms with Gasteiger partial charge in [0, 0.05) is 87.7 Å². The second-order valence-electron chi connectivity index (χ2n) is 32.5. The first-order valence-electron chi connectivity index (χ1n) is 39.5. The van der Waals surface area contributed by atoms with Crippen LogP contribution in [0.3, 0.4) is 0 Å². The molecule has 2 radical (unpaired) electrons. The minimum Gasteiger partial charge on any atom is -0.397 e. The van der Waals surface area contributed by atoms with Crippen LogP contribution < -0.4 is 33.6 Å². The molecule has 24 atom stereocenters. The topological polar surface area (TPSA) is 673 Å². The van der Waals surface area contributed by atoms with Gasteiger partial charge in [0.2, 0.25) is 11.4 Å². The zero-order valence-electron chi connectivity index (χ0n) is 69.0. The number of fused-ring (bicyclic) bond motifs is 15. The Kier molecular flexibility index (Phi) is 25.2. The Morgan fingerprint density at radius 3 is 1.16 bits per heavy atom. The average Bonchev–Trinajstić information content (AvgIpc) is 1.57. The molecule has 14 N–H and O–H groups in total. The van der Waals surface area contributed by atoms with E-state index in [1.807, 2.05) is 57.6 Å². The molecule has 23 rings (SSSR count). The van der Waals surface area contributed by atoms with Gasteiger partial charge < -0.3 is 166 Å². The van der Waals surface area contributed by atoms with Crippen LogP contribution in [-0.4, -0.2) is 321 Å². The molecule has 12 aromatic rings. The Balaban J connectivity index is 0.000000112. The molecule has 0 spiro atoms.